The van der Waals surface area contributed by atoms with Crippen molar-refractivity contribution in [3.63, 3.8) is 0 Å². The summed E-state index contributed by atoms with van der Waals surface area (Å²) in [5.74, 6) is -0.274. The van der Waals surface area contributed by atoms with Crippen LogP contribution in [0.2, 0.25) is 0 Å². The lowest BCUT2D eigenvalue weighted by molar-refractivity contribution is 0.0880. The van der Waals surface area contributed by atoms with Gasteiger partial charge in [-0.25, -0.2) is 0 Å². The second-order valence-corrected chi connectivity index (χ2v) is 3.84. The number of hydrogen-bond donors (Lipinski definition) is 2. The summed E-state index contributed by atoms with van der Waals surface area (Å²) < 4.78 is 4.81. The molecule has 0 saturated carbocycles. The van der Waals surface area contributed by atoms with Crippen molar-refractivity contribution in [1.29, 1.82) is 0 Å². The van der Waals surface area contributed by atoms with Gasteiger partial charge in [-0.1, -0.05) is 11.2 Å². The number of carbonyl (C=O) groups is 1. The molecule has 1 atom stereocenters. The number of amides is 1. The Hall–Kier alpha value is -2.21. The number of aliphatic hydroxyl groups excluding tert-OH is 1. The molecule has 0 aliphatic heterocycles. The van der Waals surface area contributed by atoms with Gasteiger partial charge < -0.3 is 14.9 Å². The van der Waals surface area contributed by atoms with E-state index in [4.69, 9.17) is 4.52 Å². The van der Waals surface area contributed by atoms with Gasteiger partial charge in [0.2, 0.25) is 5.76 Å². The van der Waals surface area contributed by atoms with Crippen LogP contribution in [0.3, 0.4) is 0 Å². The molecule has 2 N–H and O–H groups in total. The number of hydrogen-bond acceptors (Lipinski definition) is 5. The summed E-state index contributed by atoms with van der Waals surface area (Å²) in [5.41, 5.74) is 1.28. The number of nitrogens with zero attached hydrogens (tertiary/aromatic N) is 2. The van der Waals surface area contributed by atoms with Crippen LogP contribution in [0.15, 0.2) is 35.1 Å². The Morgan fingerprint density at radius 2 is 2.44 bits per heavy atom. The molecule has 2 heterocycles. The SMILES string of the molecule is Cc1cc(C(=O)NCC(O)c2cccnc2)on1. The fraction of sp³-hybridized carbons (Fsp3) is 0.250. The lowest BCUT2D eigenvalue weighted by Gasteiger charge is -2.10. The summed E-state index contributed by atoms with van der Waals surface area (Å²) in [6.45, 7) is 1.81. The lowest BCUT2D eigenvalue weighted by atomic mass is 10.1. The maximum absolute atomic E-state index is 11.6. The summed E-state index contributed by atoms with van der Waals surface area (Å²) >= 11 is 0. The van der Waals surface area contributed by atoms with Crippen molar-refractivity contribution in [2.45, 2.75) is 13.0 Å². The van der Waals surface area contributed by atoms with Gasteiger partial charge in [-0.05, 0) is 13.0 Å². The molecule has 0 aliphatic rings. The van der Waals surface area contributed by atoms with E-state index in [-0.39, 0.29) is 12.3 Å². The summed E-state index contributed by atoms with van der Waals surface area (Å²) in [7, 11) is 0. The second kappa shape index (κ2) is 5.42. The van der Waals surface area contributed by atoms with Crippen molar-refractivity contribution in [2.75, 3.05) is 6.54 Å². The Morgan fingerprint density at radius 3 is 3.06 bits per heavy atom. The molecular weight excluding hydrogens is 234 g/mol. The van der Waals surface area contributed by atoms with Gasteiger partial charge in [-0.2, -0.15) is 0 Å². The van der Waals surface area contributed by atoms with E-state index >= 15 is 0 Å². The molecule has 2 rings (SSSR count). The molecule has 1 unspecified atom stereocenters. The number of aliphatic hydroxyl groups is 1. The highest BCUT2D eigenvalue weighted by Gasteiger charge is 2.14. The highest BCUT2D eigenvalue weighted by Crippen LogP contribution is 2.09. The molecule has 6 heteroatoms. The van der Waals surface area contributed by atoms with Crippen LogP contribution in [-0.2, 0) is 0 Å². The van der Waals surface area contributed by atoms with E-state index in [0.717, 1.165) is 0 Å². The number of aryl methyl sites for hydroxylation is 1. The van der Waals surface area contributed by atoms with Gasteiger partial charge in [0.05, 0.1) is 11.8 Å². The van der Waals surface area contributed by atoms with Gasteiger partial charge in [0.25, 0.3) is 5.91 Å². The molecule has 1 amide bonds. The second-order valence-electron chi connectivity index (χ2n) is 3.84. The van der Waals surface area contributed by atoms with Crippen LogP contribution >= 0.6 is 0 Å². The van der Waals surface area contributed by atoms with Gasteiger partial charge in [-0.3, -0.25) is 9.78 Å². The predicted octanol–water partition coefficient (Wildman–Crippen LogP) is 0.841. The first kappa shape index (κ1) is 12.3. The minimum absolute atomic E-state index is 0.0876. The molecule has 0 radical (unpaired) electrons. The highest BCUT2D eigenvalue weighted by atomic mass is 16.5. The Labute approximate surface area is 104 Å². The summed E-state index contributed by atoms with van der Waals surface area (Å²) in [4.78, 5) is 15.5. The molecule has 94 valence electrons. The van der Waals surface area contributed by atoms with E-state index in [9.17, 15) is 9.90 Å². The van der Waals surface area contributed by atoms with Gasteiger partial charge >= 0.3 is 0 Å². The zero-order valence-electron chi connectivity index (χ0n) is 9.83. The van der Waals surface area contributed by atoms with Crippen molar-refractivity contribution in [2.24, 2.45) is 0 Å². The standard InChI is InChI=1S/C12H13N3O3/c1-8-5-11(18-15-8)12(17)14-7-10(16)9-3-2-4-13-6-9/h2-6,10,16H,7H2,1H3,(H,14,17). The third kappa shape index (κ3) is 2.92. The first-order valence-corrected chi connectivity index (χ1v) is 5.46. The Kier molecular flexibility index (Phi) is 3.69. The molecule has 2 aromatic heterocycles. The molecule has 0 bridgehead atoms. The quantitative estimate of drug-likeness (QED) is 0.835. The van der Waals surface area contributed by atoms with Crippen molar-refractivity contribution in [1.82, 2.24) is 15.5 Å². The van der Waals surface area contributed by atoms with Gasteiger partial charge in [-0.15, -0.1) is 0 Å². The number of rotatable bonds is 4. The monoisotopic (exact) mass is 247 g/mol. The van der Waals surface area contributed by atoms with Crippen molar-refractivity contribution in [3.8, 4) is 0 Å². The zero-order valence-corrected chi connectivity index (χ0v) is 9.83. The van der Waals surface area contributed by atoms with Gasteiger partial charge in [0, 0.05) is 30.6 Å². The smallest absolute Gasteiger partial charge is 0.290 e. The molecule has 0 fully saturated rings. The molecule has 0 spiro atoms. The molecule has 2 aromatic rings. The number of carbonyl (C=O) groups excluding carboxylic acids is 1. The molecule has 0 aromatic carbocycles. The fourth-order valence-corrected chi connectivity index (χ4v) is 1.44. The average Bonchev–Trinajstić information content (AvgIpc) is 2.83. The largest absolute Gasteiger partial charge is 0.387 e. The van der Waals surface area contributed by atoms with E-state index < -0.39 is 12.0 Å². The predicted molar refractivity (Wildman–Crippen MR) is 62.8 cm³/mol. The van der Waals surface area contributed by atoms with Crippen LogP contribution < -0.4 is 5.32 Å². The third-order valence-electron chi connectivity index (χ3n) is 2.38. The molecule has 6 nitrogen and oxygen atoms in total. The summed E-state index contributed by atoms with van der Waals surface area (Å²) in [6, 6.07) is 4.99. The van der Waals surface area contributed by atoms with Crippen LogP contribution in [0.5, 0.6) is 0 Å². The van der Waals surface area contributed by atoms with E-state index in [0.29, 0.717) is 11.3 Å². The average molecular weight is 247 g/mol. The molecule has 0 saturated heterocycles. The zero-order chi connectivity index (χ0) is 13.0. The van der Waals surface area contributed by atoms with Gasteiger partial charge in [0.15, 0.2) is 0 Å². The van der Waals surface area contributed by atoms with Crippen LogP contribution in [-0.4, -0.2) is 27.7 Å². The number of pyridine rings is 1. The summed E-state index contributed by atoms with van der Waals surface area (Å²) in [6.07, 6.45) is 2.37. The fourth-order valence-electron chi connectivity index (χ4n) is 1.44. The highest BCUT2D eigenvalue weighted by molar-refractivity contribution is 5.91. The minimum Gasteiger partial charge on any atom is -0.387 e. The van der Waals surface area contributed by atoms with Crippen LogP contribution in [0.25, 0.3) is 0 Å². The van der Waals surface area contributed by atoms with Crippen molar-refractivity contribution < 1.29 is 14.4 Å². The maximum Gasteiger partial charge on any atom is 0.290 e. The number of nitrogens with one attached hydrogen (secondary N) is 1. The Bertz CT molecular complexity index is 524. The van der Waals surface area contributed by atoms with E-state index in [1.165, 1.54) is 6.07 Å². The minimum atomic E-state index is -0.799. The molecule has 0 aliphatic carbocycles. The number of aromatic nitrogens is 2. The van der Waals surface area contributed by atoms with E-state index in [1.807, 2.05) is 0 Å². The Morgan fingerprint density at radius 1 is 1.61 bits per heavy atom. The third-order valence-corrected chi connectivity index (χ3v) is 2.38. The first-order valence-electron chi connectivity index (χ1n) is 5.46. The Balaban J connectivity index is 1.90. The maximum atomic E-state index is 11.6. The van der Waals surface area contributed by atoms with Crippen LogP contribution in [0.1, 0.15) is 27.9 Å². The van der Waals surface area contributed by atoms with E-state index in [2.05, 4.69) is 15.5 Å². The van der Waals surface area contributed by atoms with E-state index in [1.54, 1.807) is 31.5 Å². The van der Waals surface area contributed by atoms with Crippen LogP contribution in [0, 0.1) is 6.92 Å². The normalized spacial score (nSPS) is 12.1. The summed E-state index contributed by atoms with van der Waals surface area (Å²) in [5, 5.41) is 16.0. The van der Waals surface area contributed by atoms with Crippen LogP contribution in [0.4, 0.5) is 0 Å². The van der Waals surface area contributed by atoms with Crippen molar-refractivity contribution >= 4 is 5.91 Å². The van der Waals surface area contributed by atoms with Crippen molar-refractivity contribution in [3.05, 3.63) is 47.6 Å². The van der Waals surface area contributed by atoms with Gasteiger partial charge in [0.1, 0.15) is 0 Å². The molecule has 18 heavy (non-hydrogen) atoms. The topological polar surface area (TPSA) is 88.2 Å². The molecular formula is C12H13N3O3. The lowest BCUT2D eigenvalue weighted by Crippen LogP contribution is -2.28. The first-order chi connectivity index (χ1) is 8.66.